The number of halogens is 3. The molecule has 13 nitrogen and oxygen atoms in total. The smallest absolute Gasteiger partial charge is 0.427 e. The lowest BCUT2D eigenvalue weighted by molar-refractivity contribution is 0.00394. The molecular weight excluding hydrogens is 700 g/mol. The highest BCUT2D eigenvalue weighted by Crippen LogP contribution is 2.28. The Kier molecular flexibility index (Phi) is 10.7. The number of benzene rings is 3. The van der Waals surface area contributed by atoms with Crippen LogP contribution in [0.3, 0.4) is 0 Å². The van der Waals surface area contributed by atoms with Gasteiger partial charge in [0.05, 0.1) is 31.4 Å². The highest BCUT2D eigenvalue weighted by Gasteiger charge is 2.38. The molecule has 2 heterocycles. The van der Waals surface area contributed by atoms with Crippen LogP contribution in [0.4, 0.5) is 18.4 Å². The van der Waals surface area contributed by atoms with E-state index in [-0.39, 0.29) is 41.4 Å². The van der Waals surface area contributed by atoms with E-state index in [2.05, 4.69) is 15.5 Å². The van der Waals surface area contributed by atoms with Gasteiger partial charge in [-0.1, -0.05) is 35.9 Å². The normalized spacial score (nSPS) is 11.8. The van der Waals surface area contributed by atoms with Crippen LogP contribution in [-0.2, 0) is 29.0 Å². The maximum atomic E-state index is 14.7. The summed E-state index contributed by atoms with van der Waals surface area (Å²) in [5.41, 5.74) is 0.373. The van der Waals surface area contributed by atoms with Gasteiger partial charge in [0.1, 0.15) is 11.2 Å². The van der Waals surface area contributed by atoms with E-state index < -0.39 is 40.9 Å². The standard InChI is InChI=1S/C36H38ClF2N7O6/c1-20-23-14-12-21(17-29-40-42-43-45(29)18-22-13-15-28(50-8)31(39)30(22)38)16-27(23)44(41-20)19-25-24(10-9-11-26(25)37)32(47)46(33(48)51-35(2,3)4)34(49)52-36(5,6)7/h9-16H,17-19H2,1-8H3. The van der Waals surface area contributed by atoms with Crippen LogP contribution in [0.25, 0.3) is 10.9 Å². The molecule has 16 heteroatoms. The van der Waals surface area contributed by atoms with Crippen molar-refractivity contribution in [1.29, 1.82) is 0 Å². The minimum atomic E-state index is -1.20. The van der Waals surface area contributed by atoms with E-state index in [1.54, 1.807) is 52.3 Å². The number of nitrogens with zero attached hydrogens (tertiary/aromatic N) is 7. The molecule has 0 bridgehead atoms. The number of imide groups is 3. The van der Waals surface area contributed by atoms with E-state index in [9.17, 15) is 23.2 Å². The number of tetrazole rings is 1. The summed E-state index contributed by atoms with van der Waals surface area (Å²) in [6.07, 6.45) is -2.18. The molecule has 0 fully saturated rings. The predicted octanol–water partition coefficient (Wildman–Crippen LogP) is 7.27. The number of aromatic nitrogens is 6. The molecule has 0 aliphatic carbocycles. The molecule has 0 radical (unpaired) electrons. The lowest BCUT2D eigenvalue weighted by atomic mass is 10.1. The molecule has 0 N–H and O–H groups in total. The molecule has 0 aliphatic heterocycles. The Hall–Kier alpha value is -5.44. The summed E-state index contributed by atoms with van der Waals surface area (Å²) in [4.78, 5) is 40.9. The summed E-state index contributed by atoms with van der Waals surface area (Å²) in [6, 6.07) is 12.9. The van der Waals surface area contributed by atoms with Gasteiger partial charge in [0, 0.05) is 33.5 Å². The zero-order valence-corrected chi connectivity index (χ0v) is 30.7. The van der Waals surface area contributed by atoms with E-state index in [0.29, 0.717) is 27.5 Å². The van der Waals surface area contributed by atoms with Crippen molar-refractivity contribution in [2.75, 3.05) is 7.11 Å². The fraction of sp³-hybridized carbons (Fsp3) is 0.361. The monoisotopic (exact) mass is 737 g/mol. The molecule has 2 aromatic heterocycles. The molecule has 0 aliphatic rings. The molecule has 52 heavy (non-hydrogen) atoms. The van der Waals surface area contributed by atoms with E-state index in [4.69, 9.17) is 30.9 Å². The zero-order chi connectivity index (χ0) is 38.1. The third-order valence-electron chi connectivity index (χ3n) is 7.65. The van der Waals surface area contributed by atoms with Gasteiger partial charge < -0.3 is 14.2 Å². The van der Waals surface area contributed by atoms with Crippen molar-refractivity contribution >= 4 is 40.6 Å². The number of hydrogen-bond acceptors (Lipinski definition) is 10. The van der Waals surface area contributed by atoms with Crippen molar-refractivity contribution in [2.45, 2.75) is 79.2 Å². The number of ether oxygens (including phenoxy) is 3. The molecule has 5 aromatic rings. The topological polar surface area (TPSA) is 144 Å². The number of carbonyl (C=O) groups excluding carboxylic acids is 3. The van der Waals surface area contributed by atoms with Gasteiger partial charge in [0.2, 0.25) is 5.82 Å². The van der Waals surface area contributed by atoms with Gasteiger partial charge in [0.15, 0.2) is 17.4 Å². The first-order valence-electron chi connectivity index (χ1n) is 16.2. The summed E-state index contributed by atoms with van der Waals surface area (Å²) < 4.78 is 47.8. The highest BCUT2D eigenvalue weighted by atomic mass is 35.5. The first kappa shape index (κ1) is 37.8. The van der Waals surface area contributed by atoms with Crippen LogP contribution in [-0.4, -0.2) is 71.3 Å². The Balaban J connectivity index is 1.47. The SMILES string of the molecule is COc1ccc(Cn2nnnc2Cc2ccc3c(C)nn(Cc4c(Cl)cccc4C(=O)N(C(=O)OC(C)(C)C)C(=O)OC(C)(C)C)c3c2)c(F)c1F. The van der Waals surface area contributed by atoms with Crippen LogP contribution < -0.4 is 4.74 Å². The fourth-order valence-corrected chi connectivity index (χ4v) is 5.56. The van der Waals surface area contributed by atoms with Crippen molar-refractivity contribution in [2.24, 2.45) is 0 Å². The summed E-state index contributed by atoms with van der Waals surface area (Å²) in [7, 11) is 1.25. The Morgan fingerprint density at radius 3 is 2.19 bits per heavy atom. The van der Waals surface area contributed by atoms with Crippen LogP contribution in [0.1, 0.15) is 80.1 Å². The molecule has 0 spiro atoms. The van der Waals surface area contributed by atoms with Gasteiger partial charge in [-0.3, -0.25) is 9.48 Å². The fourth-order valence-electron chi connectivity index (χ4n) is 5.33. The van der Waals surface area contributed by atoms with Crippen molar-refractivity contribution in [1.82, 2.24) is 34.9 Å². The second kappa shape index (κ2) is 14.7. The number of aryl methyl sites for hydroxylation is 1. The van der Waals surface area contributed by atoms with Gasteiger partial charge in [-0.15, -0.1) is 10.00 Å². The number of amides is 3. The van der Waals surface area contributed by atoms with Crippen molar-refractivity contribution in [3.63, 3.8) is 0 Å². The molecule has 0 atom stereocenters. The lowest BCUT2D eigenvalue weighted by Gasteiger charge is -2.28. The van der Waals surface area contributed by atoms with Crippen LogP contribution >= 0.6 is 11.6 Å². The van der Waals surface area contributed by atoms with Gasteiger partial charge in [-0.25, -0.2) is 18.7 Å². The molecule has 0 saturated carbocycles. The molecule has 0 unspecified atom stereocenters. The number of rotatable bonds is 8. The number of hydrogen-bond donors (Lipinski definition) is 0. The molecule has 0 saturated heterocycles. The zero-order valence-electron chi connectivity index (χ0n) is 30.0. The van der Waals surface area contributed by atoms with Crippen LogP contribution in [0.5, 0.6) is 5.75 Å². The number of fused-ring (bicyclic) bond motifs is 1. The van der Waals surface area contributed by atoms with Gasteiger partial charge in [0.25, 0.3) is 5.91 Å². The van der Waals surface area contributed by atoms with Crippen molar-refractivity contribution in [3.8, 4) is 5.75 Å². The maximum absolute atomic E-state index is 14.7. The van der Waals surface area contributed by atoms with Gasteiger partial charge in [-0.05, 0) is 88.7 Å². The molecular formula is C36H38ClF2N7O6. The second-order valence-electron chi connectivity index (χ2n) is 13.9. The maximum Gasteiger partial charge on any atom is 0.427 e. The predicted molar refractivity (Wildman–Crippen MR) is 186 cm³/mol. The Morgan fingerprint density at radius 2 is 1.56 bits per heavy atom. The van der Waals surface area contributed by atoms with Gasteiger partial charge in [-0.2, -0.15) is 9.49 Å². The van der Waals surface area contributed by atoms with Crippen LogP contribution in [0, 0.1) is 18.6 Å². The summed E-state index contributed by atoms with van der Waals surface area (Å²) in [5.74, 6) is -2.97. The van der Waals surface area contributed by atoms with E-state index >= 15 is 0 Å². The van der Waals surface area contributed by atoms with Crippen LogP contribution in [0.15, 0.2) is 48.5 Å². The third-order valence-corrected chi connectivity index (χ3v) is 8.00. The largest absolute Gasteiger partial charge is 0.494 e. The first-order valence-corrected chi connectivity index (χ1v) is 16.5. The average Bonchev–Trinajstić information content (AvgIpc) is 3.61. The van der Waals surface area contributed by atoms with E-state index in [0.717, 1.165) is 10.9 Å². The Morgan fingerprint density at radius 1 is 0.885 bits per heavy atom. The van der Waals surface area contributed by atoms with Crippen molar-refractivity contribution in [3.05, 3.63) is 99.0 Å². The molecule has 274 valence electrons. The average molecular weight is 738 g/mol. The van der Waals surface area contributed by atoms with E-state index in [1.165, 1.54) is 36.1 Å². The molecule has 3 amide bonds. The quantitative estimate of drug-likeness (QED) is 0.159. The third kappa shape index (κ3) is 8.36. The minimum absolute atomic E-state index is 0.0228. The highest BCUT2D eigenvalue weighted by molar-refractivity contribution is 6.32. The van der Waals surface area contributed by atoms with Crippen molar-refractivity contribution < 1.29 is 37.4 Å². The first-order chi connectivity index (χ1) is 24.4. The molecule has 5 rings (SSSR count). The summed E-state index contributed by atoms with van der Waals surface area (Å²) in [5, 5.41) is 17.5. The van der Waals surface area contributed by atoms with Gasteiger partial charge >= 0.3 is 12.2 Å². The second-order valence-corrected chi connectivity index (χ2v) is 14.4. The Labute approximate surface area is 303 Å². The van der Waals surface area contributed by atoms with E-state index in [1.807, 2.05) is 25.1 Å². The minimum Gasteiger partial charge on any atom is -0.494 e. The summed E-state index contributed by atoms with van der Waals surface area (Å²) in [6.45, 7) is 11.3. The number of methoxy groups -OCH3 is 1. The number of carbonyl (C=O) groups is 3. The Bertz CT molecular complexity index is 2140. The summed E-state index contributed by atoms with van der Waals surface area (Å²) >= 11 is 6.68. The van der Waals surface area contributed by atoms with Crippen LogP contribution in [0.2, 0.25) is 5.02 Å². The molecule has 3 aromatic carbocycles. The lowest BCUT2D eigenvalue weighted by Crippen LogP contribution is -2.47.